The van der Waals surface area contributed by atoms with Gasteiger partial charge in [-0.05, 0) is 102 Å². The first-order valence-electron chi connectivity index (χ1n) is 10.0. The van der Waals surface area contributed by atoms with Gasteiger partial charge in [0.25, 0.3) is 0 Å². The highest BCUT2D eigenvalue weighted by Crippen LogP contribution is 2.55. The molecule has 6 aromatic heterocycles. The van der Waals surface area contributed by atoms with Gasteiger partial charge in [0.15, 0.2) is 0 Å². The number of aryl methyl sites for hydroxylation is 2. The molecule has 1 aromatic carbocycles. The van der Waals surface area contributed by atoms with Gasteiger partial charge in [-0.25, -0.2) is 0 Å². The molecule has 0 radical (unpaired) electrons. The Morgan fingerprint density at radius 2 is 0.882 bits per heavy atom. The van der Waals surface area contributed by atoms with Crippen LogP contribution in [-0.2, 0) is 0 Å². The number of hydrogen-bond acceptors (Lipinski definition) is 6. The fourth-order valence-electron chi connectivity index (χ4n) is 4.20. The Bertz CT molecular complexity index is 1800. The number of rotatable bonds is 2. The highest BCUT2D eigenvalue weighted by Gasteiger charge is 2.23. The summed E-state index contributed by atoms with van der Waals surface area (Å²) >= 11 is 26.7. The van der Waals surface area contributed by atoms with Crippen LogP contribution >= 0.6 is 132 Å². The third-order valence-electron chi connectivity index (χ3n) is 5.65. The fraction of sp³-hybridized carbons (Fsp3) is 0.0833. The summed E-state index contributed by atoms with van der Waals surface area (Å²) in [6.45, 7) is 4.33. The zero-order valence-corrected chi connectivity index (χ0v) is 28.5. The van der Waals surface area contributed by atoms with Gasteiger partial charge in [0, 0.05) is 38.9 Å². The van der Waals surface area contributed by atoms with Crippen LogP contribution in [0.15, 0.2) is 42.2 Å². The largest absolute Gasteiger partial charge is 0.138 e. The Kier molecular flexibility index (Phi) is 5.83. The Morgan fingerprint density at radius 1 is 0.471 bits per heavy atom. The summed E-state index contributed by atoms with van der Waals surface area (Å²) in [5, 5.41) is 2.74. The van der Waals surface area contributed by atoms with Gasteiger partial charge >= 0.3 is 0 Å². The van der Waals surface area contributed by atoms with Gasteiger partial charge in [0.2, 0.25) is 0 Å². The van der Waals surface area contributed by atoms with Crippen LogP contribution in [0.1, 0.15) is 9.75 Å². The van der Waals surface area contributed by atoms with E-state index in [-0.39, 0.29) is 0 Å². The molecule has 7 rings (SSSR count). The van der Waals surface area contributed by atoms with Crippen molar-refractivity contribution in [3.8, 4) is 19.5 Å². The number of halogens is 4. The molecule has 0 saturated heterocycles. The summed E-state index contributed by atoms with van der Waals surface area (Å²) in [7, 11) is 0. The molecule has 170 valence electrons. The molecular weight excluding hydrogens is 800 g/mol. The van der Waals surface area contributed by atoms with E-state index in [2.05, 4.69) is 102 Å². The van der Waals surface area contributed by atoms with Gasteiger partial charge in [-0.1, -0.05) is 0 Å². The highest BCUT2D eigenvalue weighted by atomic mass is 79.9. The topological polar surface area (TPSA) is 0 Å². The second-order valence-corrected chi connectivity index (χ2v) is 17.9. The molecule has 0 aliphatic carbocycles. The molecular formula is C24H10Br4S6. The van der Waals surface area contributed by atoms with Crippen molar-refractivity contribution >= 4 is 171 Å². The standard InChI is InChI=1S/C24H10Br4S6/c1-7-3-11(25)19(29-7)23-15(27)21-17(33-23)9-5-14-10(6-13(9)31-21)18-22(32-14)16(28)24(34-18)20-12(26)4-8(2)30-20/h3-6H,1-2H3. The molecule has 10 heteroatoms. The van der Waals surface area contributed by atoms with Crippen molar-refractivity contribution in [2.24, 2.45) is 0 Å². The smallest absolute Gasteiger partial charge is 0.0617 e. The molecule has 0 atom stereocenters. The molecule has 0 spiro atoms. The summed E-state index contributed by atoms with van der Waals surface area (Å²) < 4.78 is 13.0. The third kappa shape index (κ3) is 3.43. The van der Waals surface area contributed by atoms with Crippen LogP contribution in [0.3, 0.4) is 0 Å². The fourth-order valence-corrected chi connectivity index (χ4v) is 15.9. The zero-order valence-electron chi connectivity index (χ0n) is 17.3. The molecule has 0 fully saturated rings. The number of thiophene rings is 6. The van der Waals surface area contributed by atoms with Crippen molar-refractivity contribution in [3.63, 3.8) is 0 Å². The van der Waals surface area contributed by atoms with Gasteiger partial charge < -0.3 is 0 Å². The summed E-state index contributed by atoms with van der Waals surface area (Å²) in [5.41, 5.74) is 0. The van der Waals surface area contributed by atoms with E-state index < -0.39 is 0 Å². The van der Waals surface area contributed by atoms with Crippen LogP contribution in [0.25, 0.3) is 58.5 Å². The first-order chi connectivity index (χ1) is 16.3. The predicted octanol–water partition coefficient (Wildman–Crippen LogP) is 13.7. The second-order valence-electron chi connectivity index (χ2n) is 7.92. The maximum absolute atomic E-state index is 3.95. The SMILES string of the molecule is Cc1cc(Br)c(-c2sc3c(sc4cc5c(cc43)sc3c(Br)c(-c4sc(C)cc4Br)sc35)c2Br)s1. The summed E-state index contributed by atoms with van der Waals surface area (Å²) in [6, 6.07) is 9.25. The molecule has 0 nitrogen and oxygen atoms in total. The minimum Gasteiger partial charge on any atom is -0.138 e. The predicted molar refractivity (Wildman–Crippen MR) is 175 cm³/mol. The lowest BCUT2D eigenvalue weighted by Gasteiger charge is -1.97. The lowest BCUT2D eigenvalue weighted by Crippen LogP contribution is -1.67. The number of fused-ring (bicyclic) bond motifs is 6. The second kappa shape index (κ2) is 8.44. The maximum Gasteiger partial charge on any atom is 0.0617 e. The van der Waals surface area contributed by atoms with Crippen molar-refractivity contribution in [3.05, 3.63) is 51.9 Å². The quantitative estimate of drug-likeness (QED) is 0.163. The molecule has 0 aliphatic heterocycles. The van der Waals surface area contributed by atoms with E-state index in [0.717, 1.165) is 0 Å². The van der Waals surface area contributed by atoms with Crippen LogP contribution in [0.4, 0.5) is 0 Å². The highest BCUT2D eigenvalue weighted by molar-refractivity contribution is 9.11. The summed E-state index contributed by atoms with van der Waals surface area (Å²) in [4.78, 5) is 7.93. The number of hydrogen-bond donors (Lipinski definition) is 0. The Balaban J connectivity index is 1.46. The van der Waals surface area contributed by atoms with Crippen molar-refractivity contribution in [2.75, 3.05) is 0 Å². The van der Waals surface area contributed by atoms with E-state index in [4.69, 9.17) is 0 Å². The van der Waals surface area contributed by atoms with Crippen molar-refractivity contribution in [1.29, 1.82) is 0 Å². The lowest BCUT2D eigenvalue weighted by atomic mass is 10.2. The van der Waals surface area contributed by atoms with E-state index in [1.165, 1.54) is 86.1 Å². The molecule has 0 amide bonds. The number of benzene rings is 1. The van der Waals surface area contributed by atoms with E-state index in [0.29, 0.717) is 0 Å². The average molecular weight is 810 g/mol. The van der Waals surface area contributed by atoms with Crippen LogP contribution in [0, 0.1) is 13.8 Å². The molecule has 6 heterocycles. The first kappa shape index (κ1) is 23.5. The molecule has 7 aromatic rings. The Labute approximate surface area is 252 Å². The van der Waals surface area contributed by atoms with Crippen LogP contribution in [-0.4, -0.2) is 0 Å². The van der Waals surface area contributed by atoms with E-state index in [1.54, 1.807) is 0 Å². The first-order valence-corrected chi connectivity index (χ1v) is 18.1. The average Bonchev–Trinajstić information content (AvgIpc) is 3.59. The van der Waals surface area contributed by atoms with Crippen molar-refractivity contribution < 1.29 is 0 Å². The normalized spacial score (nSPS) is 12.4. The lowest BCUT2D eigenvalue weighted by molar-refractivity contribution is 1.62. The minimum absolute atomic E-state index is 1.18. The molecule has 0 bridgehead atoms. The zero-order chi connectivity index (χ0) is 23.5. The molecule has 0 unspecified atom stereocenters. The van der Waals surface area contributed by atoms with Crippen LogP contribution in [0.5, 0.6) is 0 Å². The Hall–Kier alpha value is 0.380. The van der Waals surface area contributed by atoms with Gasteiger partial charge in [0.1, 0.15) is 0 Å². The monoisotopic (exact) mass is 806 g/mol. The van der Waals surface area contributed by atoms with Crippen LogP contribution in [0.2, 0.25) is 0 Å². The van der Waals surface area contributed by atoms with Crippen molar-refractivity contribution in [1.82, 2.24) is 0 Å². The molecule has 0 aliphatic rings. The third-order valence-corrected chi connectivity index (χ3v) is 17.5. The summed E-state index contributed by atoms with van der Waals surface area (Å²) in [6.07, 6.45) is 0. The van der Waals surface area contributed by atoms with Gasteiger partial charge in [-0.15, -0.1) is 68.0 Å². The van der Waals surface area contributed by atoms with Crippen molar-refractivity contribution in [2.45, 2.75) is 13.8 Å². The van der Waals surface area contributed by atoms with Gasteiger partial charge in [0.05, 0.1) is 47.3 Å². The van der Waals surface area contributed by atoms with E-state index in [1.807, 2.05) is 68.0 Å². The van der Waals surface area contributed by atoms with Gasteiger partial charge in [-0.2, -0.15) is 0 Å². The minimum atomic E-state index is 1.18. The van der Waals surface area contributed by atoms with Gasteiger partial charge in [-0.3, -0.25) is 0 Å². The molecule has 34 heavy (non-hydrogen) atoms. The summed E-state index contributed by atoms with van der Waals surface area (Å²) in [5.74, 6) is 0. The maximum atomic E-state index is 3.95. The molecule has 0 saturated carbocycles. The van der Waals surface area contributed by atoms with E-state index in [9.17, 15) is 0 Å². The van der Waals surface area contributed by atoms with Crippen LogP contribution < -0.4 is 0 Å². The van der Waals surface area contributed by atoms with E-state index >= 15 is 0 Å². The molecule has 0 N–H and O–H groups in total. The Morgan fingerprint density at radius 3 is 1.24 bits per heavy atom.